The minimum atomic E-state index is 0. The first-order chi connectivity index (χ1) is 7.24. The van der Waals surface area contributed by atoms with Gasteiger partial charge in [-0.3, -0.25) is 4.79 Å². The molecule has 1 unspecified atom stereocenters. The Labute approximate surface area is 107 Å². The maximum Gasteiger partial charge on any atom is 0.220 e. The number of nitrogens with one attached hydrogen (secondary N) is 2. The fourth-order valence-electron chi connectivity index (χ4n) is 1.35. The fourth-order valence-corrected chi connectivity index (χ4v) is 2.08. The Bertz CT molecular complexity index is 290. The van der Waals surface area contributed by atoms with Crippen LogP contribution in [0.4, 0.5) is 0 Å². The maximum absolute atomic E-state index is 11.5. The van der Waals surface area contributed by atoms with Crippen LogP contribution in [0.25, 0.3) is 0 Å². The van der Waals surface area contributed by atoms with Crippen molar-refractivity contribution < 1.29 is 4.79 Å². The van der Waals surface area contributed by atoms with Crippen molar-refractivity contribution in [2.75, 3.05) is 13.6 Å². The van der Waals surface area contributed by atoms with Gasteiger partial charge in [-0.1, -0.05) is 6.07 Å². The van der Waals surface area contributed by atoms with Gasteiger partial charge in [-0.15, -0.1) is 23.7 Å². The zero-order valence-corrected chi connectivity index (χ0v) is 11.3. The van der Waals surface area contributed by atoms with Crippen molar-refractivity contribution in [1.82, 2.24) is 10.6 Å². The van der Waals surface area contributed by atoms with Gasteiger partial charge in [0.15, 0.2) is 0 Å². The Morgan fingerprint density at radius 1 is 1.56 bits per heavy atom. The third-order valence-electron chi connectivity index (χ3n) is 2.18. The summed E-state index contributed by atoms with van der Waals surface area (Å²) in [5, 5.41) is 8.04. The quantitative estimate of drug-likeness (QED) is 0.773. The summed E-state index contributed by atoms with van der Waals surface area (Å²) in [7, 11) is 1.90. The van der Waals surface area contributed by atoms with Gasteiger partial charge in [-0.05, 0) is 38.4 Å². The lowest BCUT2D eigenvalue weighted by atomic mass is 10.2. The van der Waals surface area contributed by atoms with Gasteiger partial charge in [-0.2, -0.15) is 0 Å². The highest BCUT2D eigenvalue weighted by Gasteiger charge is 2.09. The monoisotopic (exact) mass is 262 g/mol. The Hall–Kier alpha value is -0.580. The maximum atomic E-state index is 11.5. The number of carbonyl (C=O) groups is 1. The van der Waals surface area contributed by atoms with E-state index >= 15 is 0 Å². The first-order valence-corrected chi connectivity index (χ1v) is 6.09. The topological polar surface area (TPSA) is 41.1 Å². The lowest BCUT2D eigenvalue weighted by Crippen LogP contribution is -2.26. The van der Waals surface area contributed by atoms with Gasteiger partial charge in [0.05, 0.1) is 6.04 Å². The molecule has 0 aromatic carbocycles. The van der Waals surface area contributed by atoms with Crippen molar-refractivity contribution in [3.05, 3.63) is 22.4 Å². The molecule has 2 N–H and O–H groups in total. The van der Waals surface area contributed by atoms with Crippen LogP contribution in [0.3, 0.4) is 0 Å². The minimum Gasteiger partial charge on any atom is -0.349 e. The van der Waals surface area contributed by atoms with Crippen LogP contribution in [-0.2, 0) is 4.79 Å². The van der Waals surface area contributed by atoms with Crippen molar-refractivity contribution >= 4 is 29.7 Å². The van der Waals surface area contributed by atoms with Crippen LogP contribution in [0.5, 0.6) is 0 Å². The molecule has 0 bridgehead atoms. The summed E-state index contributed by atoms with van der Waals surface area (Å²) in [6.07, 6.45) is 1.48. The van der Waals surface area contributed by atoms with Crippen molar-refractivity contribution in [2.45, 2.75) is 25.8 Å². The van der Waals surface area contributed by atoms with Gasteiger partial charge in [-0.25, -0.2) is 0 Å². The van der Waals surface area contributed by atoms with E-state index in [1.54, 1.807) is 11.3 Å². The summed E-state index contributed by atoms with van der Waals surface area (Å²) in [6.45, 7) is 2.91. The lowest BCUT2D eigenvalue weighted by molar-refractivity contribution is -0.121. The Kier molecular flexibility index (Phi) is 8.25. The molecule has 1 atom stereocenters. The molecule has 0 aliphatic rings. The van der Waals surface area contributed by atoms with Crippen molar-refractivity contribution in [3.8, 4) is 0 Å². The van der Waals surface area contributed by atoms with E-state index in [1.807, 2.05) is 31.5 Å². The Balaban J connectivity index is 0.00000225. The summed E-state index contributed by atoms with van der Waals surface area (Å²) >= 11 is 1.67. The zero-order chi connectivity index (χ0) is 11.1. The standard InChI is InChI=1S/C11H18N2OS.ClH/c1-9(10-5-4-8-15-10)13-11(14)6-3-7-12-2;/h4-5,8-9,12H,3,6-7H2,1-2H3,(H,13,14);1H. The van der Waals surface area contributed by atoms with Crippen LogP contribution in [0.2, 0.25) is 0 Å². The Morgan fingerprint density at radius 2 is 2.31 bits per heavy atom. The number of halogens is 1. The number of amides is 1. The number of hydrogen-bond acceptors (Lipinski definition) is 3. The molecule has 16 heavy (non-hydrogen) atoms. The molecule has 0 saturated carbocycles. The van der Waals surface area contributed by atoms with Crippen molar-refractivity contribution in [3.63, 3.8) is 0 Å². The van der Waals surface area contributed by atoms with Gasteiger partial charge >= 0.3 is 0 Å². The summed E-state index contributed by atoms with van der Waals surface area (Å²) in [5.74, 6) is 0.131. The molecule has 0 saturated heterocycles. The molecule has 0 radical (unpaired) electrons. The van der Waals surface area contributed by atoms with Gasteiger partial charge in [0.1, 0.15) is 0 Å². The van der Waals surface area contributed by atoms with Gasteiger partial charge in [0, 0.05) is 11.3 Å². The number of carbonyl (C=O) groups excluding carboxylic acids is 1. The molecule has 0 fully saturated rings. The molecule has 0 spiro atoms. The molecule has 5 heteroatoms. The van der Waals surface area contributed by atoms with E-state index in [2.05, 4.69) is 10.6 Å². The van der Waals surface area contributed by atoms with Crippen LogP contribution in [0.1, 0.15) is 30.7 Å². The first-order valence-electron chi connectivity index (χ1n) is 5.21. The van der Waals surface area contributed by atoms with Gasteiger partial charge in [0.25, 0.3) is 0 Å². The molecule has 0 aliphatic heterocycles. The lowest BCUT2D eigenvalue weighted by Gasteiger charge is -2.11. The normalized spacial score (nSPS) is 11.6. The molecule has 1 aromatic heterocycles. The van der Waals surface area contributed by atoms with E-state index in [9.17, 15) is 4.79 Å². The average molecular weight is 263 g/mol. The molecular formula is C11H19ClN2OS. The Morgan fingerprint density at radius 3 is 2.88 bits per heavy atom. The molecule has 1 rings (SSSR count). The summed E-state index contributed by atoms with van der Waals surface area (Å²) in [6, 6.07) is 4.18. The summed E-state index contributed by atoms with van der Waals surface area (Å²) in [4.78, 5) is 12.7. The van der Waals surface area contributed by atoms with Gasteiger partial charge < -0.3 is 10.6 Å². The second-order valence-electron chi connectivity index (χ2n) is 3.51. The van der Waals surface area contributed by atoms with E-state index in [1.165, 1.54) is 4.88 Å². The molecule has 0 aliphatic carbocycles. The van der Waals surface area contributed by atoms with Crippen LogP contribution in [0, 0.1) is 0 Å². The molecule has 1 heterocycles. The number of rotatable bonds is 6. The highest BCUT2D eigenvalue weighted by Crippen LogP contribution is 2.17. The van der Waals surface area contributed by atoms with Crippen LogP contribution < -0.4 is 10.6 Å². The zero-order valence-electron chi connectivity index (χ0n) is 9.66. The van der Waals surface area contributed by atoms with E-state index in [4.69, 9.17) is 0 Å². The second kappa shape index (κ2) is 8.56. The third-order valence-corrected chi connectivity index (χ3v) is 3.23. The van der Waals surface area contributed by atoms with Crippen molar-refractivity contribution in [2.24, 2.45) is 0 Å². The molecule has 1 aromatic rings. The van der Waals surface area contributed by atoms with E-state index in [0.29, 0.717) is 6.42 Å². The largest absolute Gasteiger partial charge is 0.349 e. The number of thiophene rings is 1. The summed E-state index contributed by atoms with van der Waals surface area (Å²) < 4.78 is 0. The van der Waals surface area contributed by atoms with E-state index in [-0.39, 0.29) is 24.4 Å². The average Bonchev–Trinajstić information content (AvgIpc) is 2.70. The molecule has 3 nitrogen and oxygen atoms in total. The van der Waals surface area contributed by atoms with Crippen LogP contribution >= 0.6 is 23.7 Å². The predicted molar refractivity (Wildman–Crippen MR) is 71.3 cm³/mol. The van der Waals surface area contributed by atoms with E-state index < -0.39 is 0 Å². The fraction of sp³-hybridized carbons (Fsp3) is 0.545. The molecule has 92 valence electrons. The van der Waals surface area contributed by atoms with E-state index in [0.717, 1.165) is 13.0 Å². The second-order valence-corrected chi connectivity index (χ2v) is 4.49. The third kappa shape index (κ3) is 5.49. The highest BCUT2D eigenvalue weighted by atomic mass is 35.5. The van der Waals surface area contributed by atoms with Crippen LogP contribution in [0.15, 0.2) is 17.5 Å². The van der Waals surface area contributed by atoms with Crippen LogP contribution in [-0.4, -0.2) is 19.5 Å². The van der Waals surface area contributed by atoms with Crippen molar-refractivity contribution in [1.29, 1.82) is 0 Å². The summed E-state index contributed by atoms with van der Waals surface area (Å²) in [5.41, 5.74) is 0. The smallest absolute Gasteiger partial charge is 0.220 e. The predicted octanol–water partition coefficient (Wildman–Crippen LogP) is 2.35. The number of hydrogen-bond donors (Lipinski definition) is 2. The minimum absolute atomic E-state index is 0. The van der Waals surface area contributed by atoms with Gasteiger partial charge in [0.2, 0.25) is 5.91 Å². The molecule has 1 amide bonds. The first kappa shape index (κ1) is 15.4. The SMILES string of the molecule is CNCCCC(=O)NC(C)c1cccs1.Cl. The molecular weight excluding hydrogens is 244 g/mol. The highest BCUT2D eigenvalue weighted by molar-refractivity contribution is 7.10.